The molecule has 0 aliphatic carbocycles. The first-order valence-electron chi connectivity index (χ1n) is 3.53. The Morgan fingerprint density at radius 3 is 2.33 bits per heavy atom. The van der Waals surface area contributed by atoms with Gasteiger partial charge in [-0.15, -0.1) is 0 Å². The van der Waals surface area contributed by atoms with E-state index >= 15 is 0 Å². The van der Waals surface area contributed by atoms with E-state index in [4.69, 9.17) is 5.11 Å². The normalized spacial score (nSPS) is 11.5. The highest BCUT2D eigenvalue weighted by molar-refractivity contribution is 9.10. The number of carbonyl (C=O) groups is 1. The average Bonchev–Trinajstić information content (AvgIpc) is 2.13. The van der Waals surface area contributed by atoms with Crippen molar-refractivity contribution in [1.29, 1.82) is 0 Å². The van der Waals surface area contributed by atoms with Crippen molar-refractivity contribution in [2.75, 3.05) is 0 Å². The van der Waals surface area contributed by atoms with Crippen LogP contribution in [0, 0.1) is 11.6 Å². The van der Waals surface area contributed by atoms with Gasteiger partial charge in [0.2, 0.25) is 0 Å². The van der Waals surface area contributed by atoms with Gasteiger partial charge in [-0.2, -0.15) is 8.78 Å². The molecule has 7 heteroatoms. The van der Waals surface area contributed by atoms with Gasteiger partial charge in [0, 0.05) is 0 Å². The first kappa shape index (κ1) is 12.0. The molecular formula is C8H3BrF4O2. The number of hydrogen-bond donors (Lipinski definition) is 1. The molecule has 1 rings (SSSR count). The molecule has 0 saturated carbocycles. The maximum absolute atomic E-state index is 13.1. The van der Waals surface area contributed by atoms with Gasteiger partial charge >= 0.3 is 11.9 Å². The third-order valence-corrected chi connectivity index (χ3v) is 2.37. The Balaban J connectivity index is 3.40. The van der Waals surface area contributed by atoms with Crippen LogP contribution >= 0.6 is 15.9 Å². The summed E-state index contributed by atoms with van der Waals surface area (Å²) < 4.78 is 50.7. The van der Waals surface area contributed by atoms with E-state index in [9.17, 15) is 22.4 Å². The molecule has 0 aliphatic rings. The number of rotatable bonds is 2. The summed E-state index contributed by atoms with van der Waals surface area (Å²) >= 11 is 2.40. The molecule has 82 valence electrons. The Kier molecular flexibility index (Phi) is 3.03. The molecule has 0 aliphatic heterocycles. The van der Waals surface area contributed by atoms with Gasteiger partial charge in [0.25, 0.3) is 0 Å². The number of benzene rings is 1. The minimum Gasteiger partial charge on any atom is -0.477 e. The Labute approximate surface area is 89.6 Å². The van der Waals surface area contributed by atoms with Gasteiger partial charge in [-0.1, -0.05) is 0 Å². The van der Waals surface area contributed by atoms with Gasteiger partial charge in [0.05, 0.1) is 10.0 Å². The average molecular weight is 287 g/mol. The number of carboxylic acid groups (broad SMARTS) is 1. The van der Waals surface area contributed by atoms with E-state index in [1.54, 1.807) is 0 Å². The highest BCUT2D eigenvalue weighted by Crippen LogP contribution is 2.34. The first-order chi connectivity index (χ1) is 6.78. The second-order valence-electron chi connectivity index (χ2n) is 2.60. The fourth-order valence-corrected chi connectivity index (χ4v) is 1.23. The number of hydrogen-bond acceptors (Lipinski definition) is 1. The van der Waals surface area contributed by atoms with Crippen LogP contribution in [0.5, 0.6) is 0 Å². The van der Waals surface area contributed by atoms with Crippen molar-refractivity contribution in [2.24, 2.45) is 0 Å². The fourth-order valence-electron chi connectivity index (χ4n) is 0.884. The van der Waals surface area contributed by atoms with Crippen molar-refractivity contribution >= 4 is 21.9 Å². The summed E-state index contributed by atoms with van der Waals surface area (Å²) in [6.07, 6.45) is 0. The van der Waals surface area contributed by atoms with Crippen molar-refractivity contribution in [3.8, 4) is 0 Å². The summed E-state index contributed by atoms with van der Waals surface area (Å²) in [7, 11) is 0. The molecule has 1 aromatic carbocycles. The molecule has 0 amide bonds. The summed E-state index contributed by atoms with van der Waals surface area (Å²) in [5.41, 5.74) is -1.39. The lowest BCUT2D eigenvalue weighted by Gasteiger charge is -2.13. The Morgan fingerprint density at radius 2 is 1.87 bits per heavy atom. The molecular weight excluding hydrogens is 284 g/mol. The zero-order valence-corrected chi connectivity index (χ0v) is 8.49. The first-order valence-corrected chi connectivity index (χ1v) is 4.33. The molecule has 0 saturated heterocycles. The zero-order chi connectivity index (χ0) is 11.8. The van der Waals surface area contributed by atoms with E-state index in [-0.39, 0.29) is 0 Å². The van der Waals surface area contributed by atoms with E-state index in [0.29, 0.717) is 12.1 Å². The molecule has 1 aromatic rings. The molecule has 0 radical (unpaired) electrons. The summed E-state index contributed by atoms with van der Waals surface area (Å²) in [5.74, 6) is -9.60. The van der Waals surface area contributed by atoms with Crippen molar-refractivity contribution in [2.45, 2.75) is 5.92 Å². The summed E-state index contributed by atoms with van der Waals surface area (Å²) in [6.45, 7) is 0. The summed E-state index contributed by atoms with van der Waals surface area (Å²) in [5, 5.41) is 8.15. The van der Waals surface area contributed by atoms with Crippen LogP contribution < -0.4 is 0 Å². The van der Waals surface area contributed by atoms with Crippen LogP contribution in [0.4, 0.5) is 17.6 Å². The fraction of sp³-hybridized carbons (Fsp3) is 0.125. The minimum absolute atomic E-state index is 0.392. The van der Waals surface area contributed by atoms with Crippen LogP contribution in [-0.4, -0.2) is 11.1 Å². The Bertz CT molecular complexity index is 419. The monoisotopic (exact) mass is 286 g/mol. The molecule has 0 heterocycles. The SMILES string of the molecule is O=C(O)C(F)(F)c1ccc(F)c(Br)c1F. The van der Waals surface area contributed by atoms with Gasteiger partial charge in [-0.05, 0) is 28.1 Å². The zero-order valence-electron chi connectivity index (χ0n) is 6.90. The van der Waals surface area contributed by atoms with Gasteiger partial charge in [-0.3, -0.25) is 0 Å². The molecule has 0 aromatic heterocycles. The number of alkyl halides is 2. The molecule has 0 fully saturated rings. The van der Waals surface area contributed by atoms with E-state index in [2.05, 4.69) is 15.9 Å². The minimum atomic E-state index is -4.39. The smallest absolute Gasteiger partial charge is 0.379 e. The highest BCUT2D eigenvalue weighted by Gasteiger charge is 2.44. The Morgan fingerprint density at radius 1 is 1.33 bits per heavy atom. The molecule has 0 unspecified atom stereocenters. The maximum Gasteiger partial charge on any atom is 0.379 e. The van der Waals surface area contributed by atoms with Gasteiger partial charge < -0.3 is 5.11 Å². The predicted molar refractivity (Wildman–Crippen MR) is 45.6 cm³/mol. The number of carboxylic acids is 1. The van der Waals surface area contributed by atoms with Crippen LogP contribution in [0.25, 0.3) is 0 Å². The van der Waals surface area contributed by atoms with Crippen molar-refractivity contribution in [1.82, 2.24) is 0 Å². The van der Waals surface area contributed by atoms with Crippen LogP contribution in [0.15, 0.2) is 16.6 Å². The lowest BCUT2D eigenvalue weighted by molar-refractivity contribution is -0.166. The highest BCUT2D eigenvalue weighted by atomic mass is 79.9. The number of halogens is 5. The van der Waals surface area contributed by atoms with Crippen molar-refractivity contribution in [3.63, 3.8) is 0 Å². The molecule has 0 spiro atoms. The quantitative estimate of drug-likeness (QED) is 0.670. The van der Waals surface area contributed by atoms with Crippen molar-refractivity contribution in [3.05, 3.63) is 33.8 Å². The van der Waals surface area contributed by atoms with E-state index in [1.165, 1.54) is 0 Å². The second-order valence-corrected chi connectivity index (χ2v) is 3.40. The van der Waals surface area contributed by atoms with Crippen LogP contribution in [0.1, 0.15) is 5.56 Å². The standard InChI is InChI=1S/C8H3BrF4O2/c9-5-4(10)2-1-3(6(5)11)8(12,13)7(14)15/h1-2H,(H,14,15). The maximum atomic E-state index is 13.1. The van der Waals surface area contributed by atoms with Crippen LogP contribution in [0.3, 0.4) is 0 Å². The lowest BCUT2D eigenvalue weighted by Crippen LogP contribution is -2.26. The molecule has 2 nitrogen and oxygen atoms in total. The Hall–Kier alpha value is -1.11. The summed E-state index contributed by atoms with van der Waals surface area (Å²) in [4.78, 5) is 10.1. The largest absolute Gasteiger partial charge is 0.477 e. The van der Waals surface area contributed by atoms with Crippen LogP contribution in [-0.2, 0) is 10.7 Å². The molecule has 0 atom stereocenters. The van der Waals surface area contributed by atoms with Crippen molar-refractivity contribution < 1.29 is 27.5 Å². The number of aliphatic carboxylic acids is 1. The molecule has 1 N–H and O–H groups in total. The second kappa shape index (κ2) is 3.80. The van der Waals surface area contributed by atoms with E-state index in [1.807, 2.05) is 0 Å². The summed E-state index contributed by atoms with van der Waals surface area (Å²) in [6, 6.07) is 0.947. The van der Waals surface area contributed by atoms with Gasteiger partial charge in [0.15, 0.2) is 0 Å². The van der Waals surface area contributed by atoms with Gasteiger partial charge in [-0.25, -0.2) is 13.6 Å². The molecule has 0 bridgehead atoms. The third kappa shape index (κ3) is 1.97. The van der Waals surface area contributed by atoms with E-state index in [0.717, 1.165) is 0 Å². The molecule has 15 heavy (non-hydrogen) atoms. The van der Waals surface area contributed by atoms with E-state index < -0.39 is 33.6 Å². The van der Waals surface area contributed by atoms with Crippen LogP contribution in [0.2, 0.25) is 0 Å². The predicted octanol–water partition coefficient (Wildman–Crippen LogP) is 2.90. The third-order valence-electron chi connectivity index (χ3n) is 1.64. The lowest BCUT2D eigenvalue weighted by atomic mass is 10.1. The topological polar surface area (TPSA) is 37.3 Å². The van der Waals surface area contributed by atoms with Gasteiger partial charge in [0.1, 0.15) is 11.6 Å².